The van der Waals surface area contributed by atoms with Crippen LogP contribution in [0.5, 0.6) is 0 Å². The van der Waals surface area contributed by atoms with Gasteiger partial charge in [-0.25, -0.2) is 0 Å². The van der Waals surface area contributed by atoms with Gasteiger partial charge in [0.25, 0.3) is 0 Å². The molecule has 0 saturated carbocycles. The summed E-state index contributed by atoms with van der Waals surface area (Å²) in [6, 6.07) is 0. The second-order valence-corrected chi connectivity index (χ2v) is 11.0. The van der Waals surface area contributed by atoms with Crippen LogP contribution in [0, 0.1) is 0 Å². The molecule has 0 aliphatic carbocycles. The molecule has 0 rings (SSSR count). The molecule has 0 aliphatic rings. The van der Waals surface area contributed by atoms with Crippen molar-refractivity contribution in [1.29, 1.82) is 0 Å². The Morgan fingerprint density at radius 1 is 0.324 bits per heavy atom. The van der Waals surface area contributed by atoms with Gasteiger partial charge in [0.15, 0.2) is 0 Å². The third-order valence-electron chi connectivity index (χ3n) is 7.47. The fourth-order valence-electron chi connectivity index (χ4n) is 5.05. The van der Waals surface area contributed by atoms with Crippen molar-refractivity contribution in [3.8, 4) is 0 Å². The van der Waals surface area contributed by atoms with Gasteiger partial charge in [0.05, 0.1) is 0 Å². The minimum Gasteiger partial charge on any atom is -0.396 e. The molecule has 0 spiro atoms. The van der Waals surface area contributed by atoms with Crippen LogP contribution in [0.1, 0.15) is 187 Å². The fourth-order valence-corrected chi connectivity index (χ4v) is 5.05. The molecule has 0 aromatic heterocycles. The largest absolute Gasteiger partial charge is 0.396 e. The first-order valence-corrected chi connectivity index (χ1v) is 16.2. The molecular formula is C32H67NO. The highest BCUT2D eigenvalue weighted by Gasteiger charge is 1.96. The van der Waals surface area contributed by atoms with E-state index in [4.69, 9.17) is 5.11 Å². The predicted octanol–water partition coefficient (Wildman–Crippen LogP) is 10.5. The summed E-state index contributed by atoms with van der Waals surface area (Å²) in [5, 5.41) is 12.4. The molecule has 34 heavy (non-hydrogen) atoms. The Bertz CT molecular complexity index is 301. The Kier molecular flexibility index (Phi) is 32.8. The van der Waals surface area contributed by atoms with Crippen LogP contribution in [0.15, 0.2) is 0 Å². The molecule has 0 amide bonds. The van der Waals surface area contributed by atoms with Crippen molar-refractivity contribution in [3.63, 3.8) is 0 Å². The van der Waals surface area contributed by atoms with Crippen LogP contribution in [0.2, 0.25) is 0 Å². The molecule has 206 valence electrons. The van der Waals surface area contributed by atoms with Gasteiger partial charge < -0.3 is 10.4 Å². The van der Waals surface area contributed by atoms with E-state index in [1.807, 2.05) is 0 Å². The molecule has 2 N–H and O–H groups in total. The van der Waals surface area contributed by atoms with E-state index < -0.39 is 0 Å². The van der Waals surface area contributed by atoms with Crippen molar-refractivity contribution in [1.82, 2.24) is 5.32 Å². The summed E-state index contributed by atoms with van der Waals surface area (Å²) >= 11 is 0. The van der Waals surface area contributed by atoms with Crippen LogP contribution in [0.4, 0.5) is 0 Å². The van der Waals surface area contributed by atoms with E-state index in [2.05, 4.69) is 12.2 Å². The molecule has 0 aromatic carbocycles. The summed E-state index contributed by atoms with van der Waals surface area (Å²) < 4.78 is 0. The molecule has 0 radical (unpaired) electrons. The maximum absolute atomic E-state index is 8.77. The lowest BCUT2D eigenvalue weighted by atomic mass is 10.0. The molecule has 0 heterocycles. The number of hydrogen-bond donors (Lipinski definition) is 2. The molecule has 0 atom stereocenters. The SMILES string of the molecule is CCCCCCCCCCNCCCCCCCCCCCCCCCCCCCCCCO. The summed E-state index contributed by atoms with van der Waals surface area (Å²) in [5.74, 6) is 0. The fraction of sp³-hybridized carbons (Fsp3) is 1.00. The van der Waals surface area contributed by atoms with Gasteiger partial charge in [-0.05, 0) is 32.4 Å². The van der Waals surface area contributed by atoms with Gasteiger partial charge in [-0.15, -0.1) is 0 Å². The molecule has 0 unspecified atom stereocenters. The first kappa shape index (κ1) is 33.9. The lowest BCUT2D eigenvalue weighted by molar-refractivity contribution is 0.282. The average molecular weight is 482 g/mol. The summed E-state index contributed by atoms with van der Waals surface area (Å²) in [6.45, 7) is 5.14. The zero-order valence-electron chi connectivity index (χ0n) is 23.9. The summed E-state index contributed by atoms with van der Waals surface area (Å²) in [4.78, 5) is 0. The molecule has 0 saturated heterocycles. The number of aliphatic hydroxyl groups excluding tert-OH is 1. The summed E-state index contributed by atoms with van der Waals surface area (Å²) in [7, 11) is 0. The van der Waals surface area contributed by atoms with Gasteiger partial charge in [-0.1, -0.05) is 167 Å². The second kappa shape index (κ2) is 32.9. The van der Waals surface area contributed by atoms with E-state index in [9.17, 15) is 0 Å². The van der Waals surface area contributed by atoms with E-state index in [1.54, 1.807) is 0 Å². The highest BCUT2D eigenvalue weighted by atomic mass is 16.2. The smallest absolute Gasteiger partial charge is 0.0431 e. The summed E-state index contributed by atoms with van der Waals surface area (Å²) in [5.41, 5.74) is 0. The van der Waals surface area contributed by atoms with E-state index in [-0.39, 0.29) is 0 Å². The number of aliphatic hydroxyl groups is 1. The van der Waals surface area contributed by atoms with Crippen LogP contribution in [-0.2, 0) is 0 Å². The normalized spacial score (nSPS) is 11.5. The van der Waals surface area contributed by atoms with E-state index in [0.717, 1.165) is 6.42 Å². The van der Waals surface area contributed by atoms with E-state index in [1.165, 1.54) is 186 Å². The zero-order chi connectivity index (χ0) is 24.6. The van der Waals surface area contributed by atoms with Crippen LogP contribution in [-0.4, -0.2) is 24.8 Å². The second-order valence-electron chi connectivity index (χ2n) is 11.0. The number of unbranched alkanes of at least 4 members (excludes halogenated alkanes) is 26. The van der Waals surface area contributed by atoms with Gasteiger partial charge >= 0.3 is 0 Å². The molecule has 2 heteroatoms. The minimum atomic E-state index is 0.373. The van der Waals surface area contributed by atoms with Gasteiger partial charge in [-0.3, -0.25) is 0 Å². The summed E-state index contributed by atoms with van der Waals surface area (Å²) in [6.07, 6.45) is 39.4. The molecule has 0 fully saturated rings. The average Bonchev–Trinajstić information content (AvgIpc) is 2.85. The number of hydrogen-bond acceptors (Lipinski definition) is 2. The van der Waals surface area contributed by atoms with Crippen LogP contribution in [0.25, 0.3) is 0 Å². The quantitative estimate of drug-likeness (QED) is 0.0965. The molecule has 2 nitrogen and oxygen atoms in total. The Labute approximate surface area is 216 Å². The van der Waals surface area contributed by atoms with Crippen molar-refractivity contribution in [2.75, 3.05) is 19.7 Å². The minimum absolute atomic E-state index is 0.373. The highest BCUT2D eigenvalue weighted by Crippen LogP contribution is 2.15. The maximum Gasteiger partial charge on any atom is 0.0431 e. The van der Waals surface area contributed by atoms with Crippen molar-refractivity contribution in [2.24, 2.45) is 0 Å². The Hall–Kier alpha value is -0.0800. The third-order valence-corrected chi connectivity index (χ3v) is 7.47. The number of rotatable bonds is 31. The van der Waals surface area contributed by atoms with Gasteiger partial charge in [0, 0.05) is 6.61 Å². The topological polar surface area (TPSA) is 32.3 Å². The first-order valence-electron chi connectivity index (χ1n) is 16.2. The van der Waals surface area contributed by atoms with Gasteiger partial charge in [0.2, 0.25) is 0 Å². The first-order chi connectivity index (χ1) is 16.9. The maximum atomic E-state index is 8.77. The molecule has 0 aliphatic heterocycles. The lowest BCUT2D eigenvalue weighted by Crippen LogP contribution is -2.16. The zero-order valence-corrected chi connectivity index (χ0v) is 23.9. The lowest BCUT2D eigenvalue weighted by Gasteiger charge is -2.06. The Morgan fingerprint density at radius 2 is 0.559 bits per heavy atom. The van der Waals surface area contributed by atoms with Crippen molar-refractivity contribution in [3.05, 3.63) is 0 Å². The van der Waals surface area contributed by atoms with E-state index in [0.29, 0.717) is 6.61 Å². The molecule has 0 bridgehead atoms. The third kappa shape index (κ3) is 31.9. The van der Waals surface area contributed by atoms with Gasteiger partial charge in [-0.2, -0.15) is 0 Å². The standard InChI is InChI=1S/C32H67NO/c1-2-3-4-5-6-21-24-27-30-33-31-28-25-22-19-17-15-13-11-9-7-8-10-12-14-16-18-20-23-26-29-32-34/h33-34H,2-32H2,1H3. The monoisotopic (exact) mass is 482 g/mol. The Morgan fingerprint density at radius 3 is 0.824 bits per heavy atom. The molecular weight excluding hydrogens is 414 g/mol. The number of nitrogens with one attached hydrogen (secondary N) is 1. The molecule has 0 aromatic rings. The van der Waals surface area contributed by atoms with Gasteiger partial charge in [0.1, 0.15) is 0 Å². The highest BCUT2D eigenvalue weighted by molar-refractivity contribution is 4.53. The van der Waals surface area contributed by atoms with Crippen LogP contribution in [0.3, 0.4) is 0 Å². The van der Waals surface area contributed by atoms with Crippen molar-refractivity contribution >= 4 is 0 Å². The Balaban J connectivity index is 2.99. The van der Waals surface area contributed by atoms with E-state index >= 15 is 0 Å². The van der Waals surface area contributed by atoms with Crippen LogP contribution < -0.4 is 5.32 Å². The van der Waals surface area contributed by atoms with Crippen molar-refractivity contribution < 1.29 is 5.11 Å². The predicted molar refractivity (Wildman–Crippen MR) is 155 cm³/mol. The van der Waals surface area contributed by atoms with Crippen molar-refractivity contribution in [2.45, 2.75) is 187 Å². The van der Waals surface area contributed by atoms with Crippen LogP contribution >= 0.6 is 0 Å².